The zero-order chi connectivity index (χ0) is 7.68. The van der Waals surface area contributed by atoms with Crippen molar-refractivity contribution in [1.82, 2.24) is 0 Å². The molecule has 1 heterocycles. The van der Waals surface area contributed by atoms with Gasteiger partial charge < -0.3 is 9.16 Å². The maximum atomic E-state index is 5.65. The van der Waals surface area contributed by atoms with Crippen LogP contribution >= 0.6 is 0 Å². The maximum Gasteiger partial charge on any atom is 0.269 e. The van der Waals surface area contributed by atoms with E-state index in [0.29, 0.717) is 0 Å². The smallest absolute Gasteiger partial charge is 0.269 e. The normalized spacial score (nSPS) is 21.4. The highest BCUT2D eigenvalue weighted by Gasteiger charge is 2.17. The summed E-state index contributed by atoms with van der Waals surface area (Å²) in [5.74, 6) is 1.80. The standard InChI is InChI=1S/C8H10O2Si/c1-11-6-9-7-4-2-3-5-8(7)10-11/h2-5,11H,6H2,1H3. The van der Waals surface area contributed by atoms with Crippen LogP contribution in [0.3, 0.4) is 0 Å². The Kier molecular flexibility index (Phi) is 1.58. The number of hydrogen-bond donors (Lipinski definition) is 0. The number of benzene rings is 1. The Hall–Kier alpha value is -0.963. The topological polar surface area (TPSA) is 18.5 Å². The molecule has 0 saturated heterocycles. The molecule has 0 bridgehead atoms. The van der Waals surface area contributed by atoms with Gasteiger partial charge in [0.2, 0.25) is 0 Å². The van der Waals surface area contributed by atoms with Gasteiger partial charge in [-0.25, -0.2) is 0 Å². The third-order valence-corrected chi connectivity index (χ3v) is 2.94. The molecule has 1 aliphatic heterocycles. The lowest BCUT2D eigenvalue weighted by Gasteiger charge is -2.22. The summed E-state index contributed by atoms with van der Waals surface area (Å²) < 4.78 is 11.1. The SMILES string of the molecule is C[SiH]1COc2ccccc2O1. The lowest BCUT2D eigenvalue weighted by atomic mass is 10.3. The fourth-order valence-corrected chi connectivity index (χ4v) is 2.24. The van der Waals surface area contributed by atoms with Crippen LogP contribution in [0.15, 0.2) is 24.3 Å². The van der Waals surface area contributed by atoms with E-state index in [1.54, 1.807) is 0 Å². The first-order valence-electron chi connectivity index (χ1n) is 3.75. The van der Waals surface area contributed by atoms with Crippen LogP contribution in [-0.2, 0) is 0 Å². The van der Waals surface area contributed by atoms with E-state index in [4.69, 9.17) is 9.16 Å². The minimum absolute atomic E-state index is 0.789. The molecule has 0 fully saturated rings. The predicted octanol–water partition coefficient (Wildman–Crippen LogP) is 1.35. The minimum Gasteiger partial charge on any atom is -0.541 e. The van der Waals surface area contributed by atoms with Crippen molar-refractivity contribution in [2.75, 3.05) is 6.23 Å². The molecule has 0 N–H and O–H groups in total. The van der Waals surface area contributed by atoms with Gasteiger partial charge >= 0.3 is 0 Å². The van der Waals surface area contributed by atoms with Crippen molar-refractivity contribution in [3.63, 3.8) is 0 Å². The number of hydrogen-bond acceptors (Lipinski definition) is 2. The highest BCUT2D eigenvalue weighted by molar-refractivity contribution is 6.51. The first kappa shape index (κ1) is 6.73. The van der Waals surface area contributed by atoms with E-state index in [1.807, 2.05) is 24.3 Å². The van der Waals surface area contributed by atoms with Gasteiger partial charge in [-0.1, -0.05) is 12.1 Å². The average Bonchev–Trinajstić information content (AvgIpc) is 2.04. The molecule has 2 rings (SSSR count). The molecule has 58 valence electrons. The van der Waals surface area contributed by atoms with Crippen molar-refractivity contribution in [2.24, 2.45) is 0 Å². The monoisotopic (exact) mass is 166 g/mol. The van der Waals surface area contributed by atoms with Crippen molar-refractivity contribution < 1.29 is 9.16 Å². The zero-order valence-electron chi connectivity index (χ0n) is 6.41. The van der Waals surface area contributed by atoms with Gasteiger partial charge in [0, 0.05) is 0 Å². The van der Waals surface area contributed by atoms with E-state index < -0.39 is 9.04 Å². The van der Waals surface area contributed by atoms with E-state index in [1.165, 1.54) is 0 Å². The minimum atomic E-state index is -1.05. The Morgan fingerprint density at radius 1 is 1.27 bits per heavy atom. The van der Waals surface area contributed by atoms with Crippen LogP contribution in [0.1, 0.15) is 0 Å². The molecular weight excluding hydrogens is 156 g/mol. The van der Waals surface area contributed by atoms with Crippen LogP contribution in [0.5, 0.6) is 11.5 Å². The van der Waals surface area contributed by atoms with Gasteiger partial charge in [-0.15, -0.1) is 0 Å². The van der Waals surface area contributed by atoms with Crippen molar-refractivity contribution in [3.05, 3.63) is 24.3 Å². The first-order chi connectivity index (χ1) is 5.36. The Balaban J connectivity index is 2.34. The fourth-order valence-electron chi connectivity index (χ4n) is 1.12. The van der Waals surface area contributed by atoms with E-state index >= 15 is 0 Å². The molecule has 0 saturated carbocycles. The van der Waals surface area contributed by atoms with Gasteiger partial charge in [-0.2, -0.15) is 0 Å². The third-order valence-electron chi connectivity index (χ3n) is 1.65. The second kappa shape index (κ2) is 2.58. The molecule has 1 aliphatic rings. The van der Waals surface area contributed by atoms with Gasteiger partial charge in [0.1, 0.15) is 12.0 Å². The molecule has 0 aliphatic carbocycles. The van der Waals surface area contributed by atoms with Crippen LogP contribution in [0.25, 0.3) is 0 Å². The van der Waals surface area contributed by atoms with Crippen molar-refractivity contribution in [3.8, 4) is 11.5 Å². The molecule has 0 amide bonds. The maximum absolute atomic E-state index is 5.65. The summed E-state index contributed by atoms with van der Waals surface area (Å²) in [7, 11) is -1.05. The van der Waals surface area contributed by atoms with Gasteiger partial charge in [-0.3, -0.25) is 0 Å². The fraction of sp³-hybridized carbons (Fsp3) is 0.250. The molecule has 2 nitrogen and oxygen atoms in total. The Labute approximate surface area is 67.5 Å². The van der Waals surface area contributed by atoms with Crippen LogP contribution in [0.2, 0.25) is 6.55 Å². The Morgan fingerprint density at radius 2 is 2.00 bits per heavy atom. The second-order valence-electron chi connectivity index (χ2n) is 2.69. The lowest BCUT2D eigenvalue weighted by Crippen LogP contribution is -2.30. The van der Waals surface area contributed by atoms with Crippen LogP contribution < -0.4 is 9.16 Å². The summed E-state index contributed by atoms with van der Waals surface area (Å²) in [6, 6.07) is 7.82. The molecule has 3 heteroatoms. The molecule has 0 spiro atoms. The quantitative estimate of drug-likeness (QED) is 0.542. The number of ether oxygens (including phenoxy) is 1. The van der Waals surface area contributed by atoms with Crippen LogP contribution in [0.4, 0.5) is 0 Å². The van der Waals surface area contributed by atoms with E-state index in [0.717, 1.165) is 17.7 Å². The molecule has 0 radical (unpaired) electrons. The van der Waals surface area contributed by atoms with Gasteiger partial charge in [-0.05, 0) is 18.7 Å². The van der Waals surface area contributed by atoms with E-state index in [9.17, 15) is 0 Å². The Morgan fingerprint density at radius 3 is 2.82 bits per heavy atom. The van der Waals surface area contributed by atoms with Crippen molar-refractivity contribution >= 4 is 9.04 Å². The predicted molar refractivity (Wildman–Crippen MR) is 45.6 cm³/mol. The molecule has 1 atom stereocenters. The molecule has 0 aromatic heterocycles. The van der Waals surface area contributed by atoms with Crippen LogP contribution in [-0.4, -0.2) is 15.3 Å². The first-order valence-corrected chi connectivity index (χ1v) is 6.19. The molecular formula is C8H10O2Si. The summed E-state index contributed by atoms with van der Waals surface area (Å²) >= 11 is 0. The molecule has 11 heavy (non-hydrogen) atoms. The third kappa shape index (κ3) is 1.23. The number of rotatable bonds is 0. The van der Waals surface area contributed by atoms with Crippen LogP contribution in [0, 0.1) is 0 Å². The number of para-hydroxylation sites is 2. The number of fused-ring (bicyclic) bond motifs is 1. The second-order valence-corrected chi connectivity index (χ2v) is 4.88. The lowest BCUT2D eigenvalue weighted by molar-refractivity contribution is 0.321. The highest BCUT2D eigenvalue weighted by atomic mass is 28.3. The summed E-state index contributed by atoms with van der Waals surface area (Å²) in [4.78, 5) is 0. The Bertz CT molecular complexity index is 262. The zero-order valence-corrected chi connectivity index (χ0v) is 7.57. The average molecular weight is 166 g/mol. The van der Waals surface area contributed by atoms with Crippen molar-refractivity contribution in [2.45, 2.75) is 6.55 Å². The molecule has 1 aromatic rings. The van der Waals surface area contributed by atoms with Gasteiger partial charge in [0.05, 0.1) is 0 Å². The summed E-state index contributed by atoms with van der Waals surface area (Å²) in [6.07, 6.45) is 0.789. The summed E-state index contributed by atoms with van der Waals surface area (Å²) in [6.45, 7) is 2.13. The van der Waals surface area contributed by atoms with Gasteiger partial charge in [0.15, 0.2) is 5.75 Å². The van der Waals surface area contributed by atoms with E-state index in [-0.39, 0.29) is 0 Å². The van der Waals surface area contributed by atoms with Crippen molar-refractivity contribution in [1.29, 1.82) is 0 Å². The highest BCUT2D eigenvalue weighted by Crippen LogP contribution is 2.29. The van der Waals surface area contributed by atoms with E-state index in [2.05, 4.69) is 6.55 Å². The largest absolute Gasteiger partial charge is 0.541 e. The van der Waals surface area contributed by atoms with Gasteiger partial charge in [0.25, 0.3) is 9.04 Å². The summed E-state index contributed by atoms with van der Waals surface area (Å²) in [5, 5.41) is 0. The molecule has 1 aromatic carbocycles. The molecule has 1 unspecified atom stereocenters. The summed E-state index contributed by atoms with van der Waals surface area (Å²) in [5.41, 5.74) is 0.